The van der Waals surface area contributed by atoms with Crippen LogP contribution in [0.4, 0.5) is 11.4 Å². The van der Waals surface area contributed by atoms with Crippen molar-refractivity contribution < 1.29 is 14.3 Å². The summed E-state index contributed by atoms with van der Waals surface area (Å²) in [5.74, 6) is 0.856. The van der Waals surface area contributed by atoms with E-state index in [9.17, 15) is 9.59 Å². The Kier molecular flexibility index (Phi) is 5.89. The van der Waals surface area contributed by atoms with E-state index in [4.69, 9.17) is 4.74 Å². The van der Waals surface area contributed by atoms with Crippen molar-refractivity contribution in [3.63, 3.8) is 0 Å². The van der Waals surface area contributed by atoms with Gasteiger partial charge in [-0.2, -0.15) is 0 Å². The molecule has 5 heteroatoms. The van der Waals surface area contributed by atoms with Gasteiger partial charge in [0.25, 0.3) is 5.91 Å². The highest BCUT2D eigenvalue weighted by atomic mass is 16.5. The Morgan fingerprint density at radius 2 is 1.81 bits per heavy atom. The molecule has 0 saturated heterocycles. The van der Waals surface area contributed by atoms with Crippen LogP contribution in [-0.4, -0.2) is 18.9 Å². The second-order valence-electron chi connectivity index (χ2n) is 6.64. The average molecular weight is 352 g/mol. The summed E-state index contributed by atoms with van der Waals surface area (Å²) in [5, 5.41) is 5.75. The van der Waals surface area contributed by atoms with Crippen LogP contribution in [0.15, 0.2) is 48.5 Å². The van der Waals surface area contributed by atoms with Gasteiger partial charge in [0.05, 0.1) is 12.8 Å². The van der Waals surface area contributed by atoms with Gasteiger partial charge in [-0.1, -0.05) is 31.0 Å². The normalized spacial score (nSPS) is 14.0. The van der Waals surface area contributed by atoms with Gasteiger partial charge in [-0.05, 0) is 49.1 Å². The lowest BCUT2D eigenvalue weighted by molar-refractivity contribution is -0.117. The van der Waals surface area contributed by atoms with Gasteiger partial charge < -0.3 is 15.4 Å². The minimum absolute atomic E-state index is 0.0131. The quantitative estimate of drug-likeness (QED) is 0.806. The largest absolute Gasteiger partial charge is 0.495 e. The van der Waals surface area contributed by atoms with Crippen molar-refractivity contribution in [1.82, 2.24) is 0 Å². The Morgan fingerprint density at radius 1 is 1.04 bits per heavy atom. The molecule has 3 rings (SSSR count). The SMILES string of the molecule is COc1ccccc1NC(=O)c1cccc(NC(=O)CC2CCCC2)c1. The molecule has 0 radical (unpaired) electrons. The van der Waals surface area contributed by atoms with Crippen LogP contribution in [0.3, 0.4) is 0 Å². The minimum atomic E-state index is -0.249. The molecule has 0 atom stereocenters. The molecule has 0 aromatic heterocycles. The monoisotopic (exact) mass is 352 g/mol. The topological polar surface area (TPSA) is 67.4 Å². The highest BCUT2D eigenvalue weighted by molar-refractivity contribution is 6.06. The molecule has 5 nitrogen and oxygen atoms in total. The fraction of sp³-hybridized carbons (Fsp3) is 0.333. The van der Waals surface area contributed by atoms with Crippen molar-refractivity contribution in [1.29, 1.82) is 0 Å². The Balaban J connectivity index is 1.64. The number of nitrogens with one attached hydrogen (secondary N) is 2. The predicted octanol–water partition coefficient (Wildman–Crippen LogP) is 4.47. The lowest BCUT2D eigenvalue weighted by Gasteiger charge is -2.12. The molecule has 0 unspecified atom stereocenters. The summed E-state index contributed by atoms with van der Waals surface area (Å²) >= 11 is 0. The molecule has 1 aliphatic rings. The number of rotatable bonds is 6. The second kappa shape index (κ2) is 8.52. The summed E-state index contributed by atoms with van der Waals surface area (Å²) in [6.45, 7) is 0. The highest BCUT2D eigenvalue weighted by Crippen LogP contribution is 2.28. The highest BCUT2D eigenvalue weighted by Gasteiger charge is 2.18. The van der Waals surface area contributed by atoms with Gasteiger partial charge in [-0.15, -0.1) is 0 Å². The number of ether oxygens (including phenoxy) is 1. The van der Waals surface area contributed by atoms with Crippen LogP contribution in [0.5, 0.6) is 5.75 Å². The number of benzene rings is 2. The average Bonchev–Trinajstić information content (AvgIpc) is 3.15. The van der Waals surface area contributed by atoms with Crippen LogP contribution in [0.25, 0.3) is 0 Å². The van der Waals surface area contributed by atoms with Gasteiger partial charge in [-0.25, -0.2) is 0 Å². The minimum Gasteiger partial charge on any atom is -0.495 e. The zero-order chi connectivity index (χ0) is 18.4. The lowest BCUT2D eigenvalue weighted by Crippen LogP contribution is -2.16. The smallest absolute Gasteiger partial charge is 0.255 e. The third-order valence-electron chi connectivity index (χ3n) is 4.71. The number of amides is 2. The number of carbonyl (C=O) groups excluding carboxylic acids is 2. The van der Waals surface area contributed by atoms with E-state index in [2.05, 4.69) is 10.6 Å². The van der Waals surface area contributed by atoms with Crippen LogP contribution >= 0.6 is 0 Å². The first-order chi connectivity index (χ1) is 12.7. The molecule has 136 valence electrons. The number of anilines is 2. The van der Waals surface area contributed by atoms with Gasteiger partial charge in [0.15, 0.2) is 0 Å². The van der Waals surface area contributed by atoms with Crippen LogP contribution in [0.1, 0.15) is 42.5 Å². The Morgan fingerprint density at radius 3 is 2.58 bits per heavy atom. The van der Waals surface area contributed by atoms with E-state index in [1.165, 1.54) is 12.8 Å². The van der Waals surface area contributed by atoms with E-state index in [-0.39, 0.29) is 11.8 Å². The standard InChI is InChI=1S/C21H24N2O3/c1-26-19-12-5-4-11-18(19)23-21(25)16-9-6-10-17(14-16)22-20(24)13-15-7-2-3-8-15/h4-6,9-12,14-15H,2-3,7-8,13H2,1H3,(H,22,24)(H,23,25). The summed E-state index contributed by atoms with van der Waals surface area (Å²) in [4.78, 5) is 24.7. The third kappa shape index (κ3) is 4.63. The van der Waals surface area contributed by atoms with E-state index in [0.717, 1.165) is 12.8 Å². The number of carbonyl (C=O) groups is 2. The summed E-state index contributed by atoms with van der Waals surface area (Å²) in [6, 6.07) is 14.2. The summed E-state index contributed by atoms with van der Waals surface area (Å²) in [6.07, 6.45) is 5.26. The van der Waals surface area contributed by atoms with Gasteiger partial charge in [-0.3, -0.25) is 9.59 Å². The molecular formula is C21H24N2O3. The Bertz CT molecular complexity index is 782. The molecule has 26 heavy (non-hydrogen) atoms. The molecule has 0 aliphatic heterocycles. The molecule has 0 spiro atoms. The first kappa shape index (κ1) is 18.0. The molecule has 2 aromatic carbocycles. The maximum atomic E-state index is 12.5. The van der Waals surface area contributed by atoms with Gasteiger partial charge in [0.1, 0.15) is 5.75 Å². The first-order valence-electron chi connectivity index (χ1n) is 9.00. The van der Waals surface area contributed by atoms with E-state index in [1.54, 1.807) is 43.5 Å². The van der Waals surface area contributed by atoms with Gasteiger partial charge >= 0.3 is 0 Å². The van der Waals surface area contributed by atoms with Crippen LogP contribution < -0.4 is 15.4 Å². The van der Waals surface area contributed by atoms with Crippen molar-refractivity contribution in [2.45, 2.75) is 32.1 Å². The molecule has 1 fully saturated rings. The van der Waals surface area contributed by atoms with E-state index >= 15 is 0 Å². The zero-order valence-electron chi connectivity index (χ0n) is 15.0. The Hall–Kier alpha value is -2.82. The van der Waals surface area contributed by atoms with Crippen molar-refractivity contribution in [2.75, 3.05) is 17.7 Å². The summed E-state index contributed by atoms with van der Waals surface area (Å²) < 4.78 is 5.25. The van der Waals surface area contributed by atoms with Crippen molar-refractivity contribution in [2.24, 2.45) is 5.92 Å². The zero-order valence-corrected chi connectivity index (χ0v) is 15.0. The maximum Gasteiger partial charge on any atom is 0.255 e. The fourth-order valence-electron chi connectivity index (χ4n) is 3.37. The first-order valence-corrected chi connectivity index (χ1v) is 9.00. The lowest BCUT2D eigenvalue weighted by atomic mass is 10.0. The van der Waals surface area contributed by atoms with E-state index in [1.807, 2.05) is 12.1 Å². The molecular weight excluding hydrogens is 328 g/mol. The number of hydrogen-bond donors (Lipinski definition) is 2. The molecule has 1 aliphatic carbocycles. The van der Waals surface area contributed by atoms with E-state index < -0.39 is 0 Å². The Labute approximate surface area is 153 Å². The van der Waals surface area contributed by atoms with Crippen LogP contribution in [-0.2, 0) is 4.79 Å². The predicted molar refractivity (Wildman–Crippen MR) is 103 cm³/mol. The summed E-state index contributed by atoms with van der Waals surface area (Å²) in [7, 11) is 1.56. The second-order valence-corrected chi connectivity index (χ2v) is 6.64. The molecule has 1 saturated carbocycles. The van der Waals surface area contributed by atoms with Crippen molar-refractivity contribution in [3.8, 4) is 5.75 Å². The summed E-state index contributed by atoms with van der Waals surface area (Å²) in [5.41, 5.74) is 1.73. The molecule has 2 amide bonds. The van der Waals surface area contributed by atoms with Crippen LogP contribution in [0, 0.1) is 5.92 Å². The van der Waals surface area contributed by atoms with E-state index in [0.29, 0.717) is 35.0 Å². The van der Waals surface area contributed by atoms with Crippen molar-refractivity contribution >= 4 is 23.2 Å². The van der Waals surface area contributed by atoms with Crippen molar-refractivity contribution in [3.05, 3.63) is 54.1 Å². The number of para-hydroxylation sites is 2. The number of hydrogen-bond acceptors (Lipinski definition) is 3. The molecule has 0 heterocycles. The molecule has 2 aromatic rings. The van der Waals surface area contributed by atoms with Gasteiger partial charge in [0.2, 0.25) is 5.91 Å². The third-order valence-corrected chi connectivity index (χ3v) is 4.71. The fourth-order valence-corrected chi connectivity index (χ4v) is 3.37. The maximum absolute atomic E-state index is 12.5. The van der Waals surface area contributed by atoms with Gasteiger partial charge in [0, 0.05) is 17.7 Å². The number of methoxy groups -OCH3 is 1. The molecule has 2 N–H and O–H groups in total. The van der Waals surface area contributed by atoms with Crippen LogP contribution in [0.2, 0.25) is 0 Å². The molecule has 0 bridgehead atoms.